The highest BCUT2D eigenvalue weighted by atomic mass is 16.3. The lowest BCUT2D eigenvalue weighted by atomic mass is 10.1. The van der Waals surface area contributed by atoms with Crippen LogP contribution in [0.3, 0.4) is 0 Å². The van der Waals surface area contributed by atoms with Crippen molar-refractivity contribution in [1.82, 2.24) is 10.2 Å². The van der Waals surface area contributed by atoms with Crippen molar-refractivity contribution in [3.05, 3.63) is 24.2 Å². The number of nitrogens with zero attached hydrogens (tertiary/aromatic N) is 1. The predicted octanol–water partition coefficient (Wildman–Crippen LogP) is 2.14. The summed E-state index contributed by atoms with van der Waals surface area (Å²) in [5.74, 6) is 1.83. The summed E-state index contributed by atoms with van der Waals surface area (Å²) in [6, 6.07) is 4.62. The van der Waals surface area contributed by atoms with Gasteiger partial charge in [-0.25, -0.2) is 0 Å². The first-order valence-corrected chi connectivity index (χ1v) is 6.73. The maximum atomic E-state index is 5.44. The molecule has 0 spiro atoms. The maximum absolute atomic E-state index is 5.44. The minimum Gasteiger partial charge on any atom is -0.469 e. The molecule has 2 heterocycles. The third-order valence-electron chi connectivity index (χ3n) is 3.54. The van der Waals surface area contributed by atoms with Crippen LogP contribution in [0.25, 0.3) is 0 Å². The number of nitrogens with one attached hydrogen (secondary N) is 1. The zero-order chi connectivity index (χ0) is 12.1. The highest BCUT2D eigenvalue weighted by Gasteiger charge is 2.19. The molecule has 2 atom stereocenters. The Morgan fingerprint density at radius 2 is 2.47 bits per heavy atom. The fourth-order valence-corrected chi connectivity index (χ4v) is 2.56. The second-order valence-electron chi connectivity index (χ2n) is 5.29. The molecule has 3 heteroatoms. The molecule has 1 aromatic rings. The topological polar surface area (TPSA) is 28.4 Å². The Balaban J connectivity index is 1.89. The third-order valence-corrected chi connectivity index (χ3v) is 3.54. The van der Waals surface area contributed by atoms with Crippen molar-refractivity contribution in [2.24, 2.45) is 5.92 Å². The molecule has 2 unspecified atom stereocenters. The van der Waals surface area contributed by atoms with E-state index >= 15 is 0 Å². The summed E-state index contributed by atoms with van der Waals surface area (Å²) in [6.07, 6.45) is 4.03. The van der Waals surface area contributed by atoms with Gasteiger partial charge < -0.3 is 9.73 Å². The largest absolute Gasteiger partial charge is 0.469 e. The summed E-state index contributed by atoms with van der Waals surface area (Å²) in [6.45, 7) is 9.31. The van der Waals surface area contributed by atoms with E-state index in [0.717, 1.165) is 31.2 Å². The van der Waals surface area contributed by atoms with Gasteiger partial charge >= 0.3 is 0 Å². The van der Waals surface area contributed by atoms with Crippen molar-refractivity contribution in [1.29, 1.82) is 0 Å². The lowest BCUT2D eigenvalue weighted by Gasteiger charge is -2.33. The van der Waals surface area contributed by atoms with Gasteiger partial charge in [0.1, 0.15) is 5.76 Å². The van der Waals surface area contributed by atoms with Crippen LogP contribution in [0.5, 0.6) is 0 Å². The maximum Gasteiger partial charge on any atom is 0.105 e. The molecule has 0 aliphatic carbocycles. The van der Waals surface area contributed by atoms with Gasteiger partial charge in [-0.2, -0.15) is 0 Å². The molecule has 0 radical (unpaired) electrons. The minimum atomic E-state index is 0.571. The molecule has 1 aliphatic rings. The smallest absolute Gasteiger partial charge is 0.105 e. The van der Waals surface area contributed by atoms with E-state index in [9.17, 15) is 0 Å². The lowest BCUT2D eigenvalue weighted by molar-refractivity contribution is 0.161. The van der Waals surface area contributed by atoms with Crippen LogP contribution in [-0.4, -0.2) is 37.1 Å². The number of hydrogen-bond donors (Lipinski definition) is 1. The molecule has 17 heavy (non-hydrogen) atoms. The molecule has 3 nitrogen and oxygen atoms in total. The number of hydrogen-bond acceptors (Lipinski definition) is 3. The molecule has 0 aromatic carbocycles. The van der Waals surface area contributed by atoms with Crippen molar-refractivity contribution in [3.8, 4) is 0 Å². The van der Waals surface area contributed by atoms with Crippen LogP contribution in [0.15, 0.2) is 22.8 Å². The predicted molar refractivity (Wildman–Crippen MR) is 70.1 cm³/mol. The van der Waals surface area contributed by atoms with E-state index in [4.69, 9.17) is 4.42 Å². The Hall–Kier alpha value is -0.800. The molecule has 0 saturated carbocycles. The van der Waals surface area contributed by atoms with Crippen LogP contribution in [0.4, 0.5) is 0 Å². The van der Waals surface area contributed by atoms with Crippen LogP contribution in [0.2, 0.25) is 0 Å². The van der Waals surface area contributed by atoms with Crippen LogP contribution in [-0.2, 0) is 6.42 Å². The SMILES string of the molecule is CC1CNCCCN(C(C)Cc2ccco2)C1. The van der Waals surface area contributed by atoms with Gasteiger partial charge in [0.05, 0.1) is 6.26 Å². The minimum absolute atomic E-state index is 0.571. The summed E-state index contributed by atoms with van der Waals surface area (Å²) in [4.78, 5) is 2.61. The molecule has 1 N–H and O–H groups in total. The van der Waals surface area contributed by atoms with Crippen molar-refractivity contribution in [2.75, 3.05) is 26.2 Å². The molecule has 1 saturated heterocycles. The first-order valence-electron chi connectivity index (χ1n) is 6.73. The van der Waals surface area contributed by atoms with Gasteiger partial charge in [-0.15, -0.1) is 0 Å². The van der Waals surface area contributed by atoms with E-state index in [0.29, 0.717) is 6.04 Å². The van der Waals surface area contributed by atoms with Crippen LogP contribution >= 0.6 is 0 Å². The highest BCUT2D eigenvalue weighted by Crippen LogP contribution is 2.13. The van der Waals surface area contributed by atoms with Crippen LogP contribution < -0.4 is 5.32 Å². The van der Waals surface area contributed by atoms with Gasteiger partial charge in [0.15, 0.2) is 0 Å². The van der Waals surface area contributed by atoms with Gasteiger partial charge in [0, 0.05) is 19.0 Å². The Morgan fingerprint density at radius 1 is 1.59 bits per heavy atom. The van der Waals surface area contributed by atoms with Crippen LogP contribution in [0.1, 0.15) is 26.0 Å². The quantitative estimate of drug-likeness (QED) is 0.871. The average Bonchev–Trinajstić information content (AvgIpc) is 2.75. The molecule has 2 rings (SSSR count). The molecule has 96 valence electrons. The van der Waals surface area contributed by atoms with E-state index < -0.39 is 0 Å². The lowest BCUT2D eigenvalue weighted by Crippen LogP contribution is -2.43. The normalized spacial score (nSPS) is 25.2. The highest BCUT2D eigenvalue weighted by molar-refractivity contribution is 5.00. The van der Waals surface area contributed by atoms with E-state index in [1.165, 1.54) is 19.5 Å². The van der Waals surface area contributed by atoms with Crippen LogP contribution in [0, 0.1) is 5.92 Å². The molecular formula is C14H24N2O. The summed E-state index contributed by atoms with van der Waals surface area (Å²) >= 11 is 0. The molecule has 1 fully saturated rings. The average molecular weight is 236 g/mol. The Labute approximate surface area is 104 Å². The third kappa shape index (κ3) is 3.86. The first-order chi connectivity index (χ1) is 8.25. The Morgan fingerprint density at radius 3 is 3.24 bits per heavy atom. The van der Waals surface area contributed by atoms with E-state index in [2.05, 4.69) is 30.1 Å². The second-order valence-corrected chi connectivity index (χ2v) is 5.29. The fourth-order valence-electron chi connectivity index (χ4n) is 2.56. The molecule has 0 bridgehead atoms. The van der Waals surface area contributed by atoms with Gasteiger partial charge in [0.25, 0.3) is 0 Å². The molecular weight excluding hydrogens is 212 g/mol. The number of furan rings is 1. The van der Waals surface area contributed by atoms with Gasteiger partial charge in [-0.1, -0.05) is 6.92 Å². The van der Waals surface area contributed by atoms with Crippen molar-refractivity contribution in [2.45, 2.75) is 32.7 Å². The fraction of sp³-hybridized carbons (Fsp3) is 0.714. The van der Waals surface area contributed by atoms with Gasteiger partial charge in [-0.05, 0) is 51.0 Å². The molecule has 1 aliphatic heterocycles. The second kappa shape index (κ2) is 6.22. The van der Waals surface area contributed by atoms with E-state index in [1.54, 1.807) is 6.26 Å². The summed E-state index contributed by atoms with van der Waals surface area (Å²) in [7, 11) is 0. The van der Waals surface area contributed by atoms with Crippen molar-refractivity contribution < 1.29 is 4.42 Å². The Bertz CT molecular complexity index is 310. The standard InChI is InChI=1S/C14H24N2O/c1-12-10-15-6-4-7-16(11-12)13(2)9-14-5-3-8-17-14/h3,5,8,12-13,15H,4,6-7,9-11H2,1-2H3. The van der Waals surface area contributed by atoms with Crippen molar-refractivity contribution >= 4 is 0 Å². The van der Waals surface area contributed by atoms with Crippen molar-refractivity contribution in [3.63, 3.8) is 0 Å². The zero-order valence-corrected chi connectivity index (χ0v) is 11.0. The first kappa shape index (κ1) is 12.7. The summed E-state index contributed by atoms with van der Waals surface area (Å²) in [5.41, 5.74) is 0. The molecule has 0 amide bonds. The van der Waals surface area contributed by atoms with E-state index in [1.807, 2.05) is 6.07 Å². The number of rotatable bonds is 3. The Kier molecular flexibility index (Phi) is 4.63. The summed E-state index contributed by atoms with van der Waals surface area (Å²) < 4.78 is 5.44. The van der Waals surface area contributed by atoms with Gasteiger partial charge in [0.2, 0.25) is 0 Å². The molecule has 1 aromatic heterocycles. The van der Waals surface area contributed by atoms with E-state index in [-0.39, 0.29) is 0 Å². The monoisotopic (exact) mass is 236 g/mol. The van der Waals surface area contributed by atoms with Gasteiger partial charge in [-0.3, -0.25) is 4.90 Å². The zero-order valence-electron chi connectivity index (χ0n) is 11.0. The summed E-state index contributed by atoms with van der Waals surface area (Å²) in [5, 5.41) is 3.50.